The molecule has 0 bridgehead atoms. The number of ether oxygens (including phenoxy) is 1. The van der Waals surface area contributed by atoms with Gasteiger partial charge in [-0.15, -0.1) is 0 Å². The molecule has 4 rings (SSSR count). The standard InChI is InChI=1S/C35H42N8O4/c1-21(2)47-30(46)24-13-19-27(20-14-24)38-33-40-31(36-25-15-9-22(10-16-25)28(44)42-34(3,4)5)39-32(41-33)37-26-17-11-23(12-18-26)29(45)43-35(6,7)8/h9-21H,1-8H3,(H,42,44)(H,43,45)(H3,36,37,38,39,40,41). The van der Waals surface area contributed by atoms with E-state index in [4.69, 9.17) is 4.74 Å². The number of anilines is 6. The zero-order valence-corrected chi connectivity index (χ0v) is 28.0. The number of nitrogens with one attached hydrogen (secondary N) is 5. The lowest BCUT2D eigenvalue weighted by molar-refractivity contribution is 0.0377. The predicted octanol–water partition coefficient (Wildman–Crippen LogP) is 6.72. The highest BCUT2D eigenvalue weighted by molar-refractivity contribution is 5.95. The quantitative estimate of drug-likeness (QED) is 0.118. The van der Waals surface area contributed by atoms with Gasteiger partial charge in [0.25, 0.3) is 11.8 Å². The number of rotatable bonds is 10. The lowest BCUT2D eigenvalue weighted by atomic mass is 10.1. The van der Waals surface area contributed by atoms with Crippen molar-refractivity contribution in [2.24, 2.45) is 0 Å². The molecule has 4 aromatic rings. The zero-order valence-electron chi connectivity index (χ0n) is 28.0. The summed E-state index contributed by atoms with van der Waals surface area (Å²) in [5.41, 5.74) is 2.69. The van der Waals surface area contributed by atoms with Crippen LogP contribution in [-0.4, -0.2) is 49.9 Å². The van der Waals surface area contributed by atoms with Crippen LogP contribution in [0.2, 0.25) is 0 Å². The van der Waals surface area contributed by atoms with Gasteiger partial charge in [0.1, 0.15) is 0 Å². The van der Waals surface area contributed by atoms with E-state index in [2.05, 4.69) is 41.5 Å². The van der Waals surface area contributed by atoms with Crippen LogP contribution in [-0.2, 0) is 4.74 Å². The van der Waals surface area contributed by atoms with Crippen LogP contribution in [0.5, 0.6) is 0 Å². The van der Waals surface area contributed by atoms with E-state index in [-0.39, 0.29) is 46.8 Å². The highest BCUT2D eigenvalue weighted by Crippen LogP contribution is 2.22. The Morgan fingerprint density at radius 3 is 1.11 bits per heavy atom. The Labute approximate surface area is 275 Å². The van der Waals surface area contributed by atoms with E-state index >= 15 is 0 Å². The Kier molecular flexibility index (Phi) is 10.4. The highest BCUT2D eigenvalue weighted by atomic mass is 16.5. The van der Waals surface area contributed by atoms with Gasteiger partial charge in [0.05, 0.1) is 11.7 Å². The summed E-state index contributed by atoms with van der Waals surface area (Å²) in [5, 5.41) is 15.4. The second-order valence-electron chi connectivity index (χ2n) is 13.3. The summed E-state index contributed by atoms with van der Waals surface area (Å²) < 4.78 is 5.27. The average Bonchev–Trinajstić information content (AvgIpc) is 2.96. The third kappa shape index (κ3) is 10.8. The Balaban J connectivity index is 1.57. The maximum atomic E-state index is 12.6. The molecular formula is C35H42N8O4. The van der Waals surface area contributed by atoms with Crippen LogP contribution in [0.4, 0.5) is 34.9 Å². The van der Waals surface area contributed by atoms with Gasteiger partial charge in [-0.3, -0.25) is 9.59 Å². The summed E-state index contributed by atoms with van der Waals surface area (Å²) in [6, 6.07) is 20.7. The lowest BCUT2D eigenvalue weighted by Gasteiger charge is -2.20. The first-order chi connectivity index (χ1) is 22.0. The number of amides is 2. The summed E-state index contributed by atoms with van der Waals surface area (Å²) in [6.45, 7) is 15.1. The van der Waals surface area contributed by atoms with Crippen molar-refractivity contribution in [1.82, 2.24) is 25.6 Å². The largest absolute Gasteiger partial charge is 0.459 e. The van der Waals surface area contributed by atoms with Crippen LogP contribution in [0.3, 0.4) is 0 Å². The van der Waals surface area contributed by atoms with E-state index in [0.29, 0.717) is 33.8 Å². The molecule has 2 amide bonds. The molecule has 0 saturated carbocycles. The molecule has 47 heavy (non-hydrogen) atoms. The molecule has 12 nitrogen and oxygen atoms in total. The summed E-state index contributed by atoms with van der Waals surface area (Å²) in [6.07, 6.45) is -0.226. The molecular weight excluding hydrogens is 596 g/mol. The molecule has 0 saturated heterocycles. The van der Waals surface area contributed by atoms with Gasteiger partial charge in [-0.25, -0.2) is 4.79 Å². The van der Waals surface area contributed by atoms with Crippen molar-refractivity contribution >= 4 is 52.7 Å². The van der Waals surface area contributed by atoms with Gasteiger partial charge < -0.3 is 31.3 Å². The molecule has 12 heteroatoms. The Bertz CT molecular complexity index is 1620. The monoisotopic (exact) mass is 638 g/mol. The number of carbonyl (C=O) groups is 3. The Hall–Kier alpha value is -5.52. The van der Waals surface area contributed by atoms with Gasteiger partial charge in [0.15, 0.2) is 0 Å². The maximum absolute atomic E-state index is 12.6. The zero-order chi connectivity index (χ0) is 34.4. The van der Waals surface area contributed by atoms with Crippen molar-refractivity contribution in [3.05, 3.63) is 89.5 Å². The first-order valence-corrected chi connectivity index (χ1v) is 15.3. The van der Waals surface area contributed by atoms with Gasteiger partial charge in [-0.2, -0.15) is 15.0 Å². The van der Waals surface area contributed by atoms with Crippen LogP contribution in [0.15, 0.2) is 72.8 Å². The number of benzene rings is 3. The first kappa shape index (κ1) is 34.4. The van der Waals surface area contributed by atoms with E-state index in [1.54, 1.807) is 86.6 Å². The Morgan fingerprint density at radius 2 is 0.830 bits per heavy atom. The SMILES string of the molecule is CC(C)OC(=O)c1ccc(Nc2nc(Nc3ccc(C(=O)NC(C)(C)C)cc3)nc(Nc3ccc(C(=O)NC(C)(C)C)cc3)n2)cc1. The summed E-state index contributed by atoms with van der Waals surface area (Å²) >= 11 is 0. The normalized spacial score (nSPS) is 11.4. The maximum Gasteiger partial charge on any atom is 0.338 e. The minimum absolute atomic E-state index is 0.174. The van der Waals surface area contributed by atoms with Crippen LogP contribution in [0, 0.1) is 0 Å². The van der Waals surface area contributed by atoms with Gasteiger partial charge in [-0.1, -0.05) is 0 Å². The summed E-state index contributed by atoms with van der Waals surface area (Å²) in [7, 11) is 0. The van der Waals surface area contributed by atoms with Crippen LogP contribution >= 0.6 is 0 Å². The van der Waals surface area contributed by atoms with Crippen molar-refractivity contribution in [2.75, 3.05) is 16.0 Å². The molecule has 1 aromatic heterocycles. The van der Waals surface area contributed by atoms with Crippen molar-refractivity contribution in [3.8, 4) is 0 Å². The molecule has 0 aliphatic rings. The van der Waals surface area contributed by atoms with Crippen molar-refractivity contribution in [2.45, 2.75) is 72.6 Å². The number of nitrogens with zero attached hydrogens (tertiary/aromatic N) is 3. The smallest absolute Gasteiger partial charge is 0.338 e. The fourth-order valence-corrected chi connectivity index (χ4v) is 4.14. The Morgan fingerprint density at radius 1 is 0.532 bits per heavy atom. The molecule has 0 unspecified atom stereocenters. The number of hydrogen-bond donors (Lipinski definition) is 5. The van der Waals surface area contributed by atoms with E-state index in [0.717, 1.165) is 0 Å². The lowest BCUT2D eigenvalue weighted by Crippen LogP contribution is -2.40. The minimum atomic E-state index is -0.409. The first-order valence-electron chi connectivity index (χ1n) is 15.3. The topological polar surface area (TPSA) is 159 Å². The van der Waals surface area contributed by atoms with E-state index < -0.39 is 5.97 Å². The second kappa shape index (κ2) is 14.3. The number of carbonyl (C=O) groups excluding carboxylic acids is 3. The highest BCUT2D eigenvalue weighted by Gasteiger charge is 2.17. The van der Waals surface area contributed by atoms with Crippen LogP contribution in [0.1, 0.15) is 86.5 Å². The fourth-order valence-electron chi connectivity index (χ4n) is 4.14. The molecule has 246 valence electrons. The number of hydrogen-bond acceptors (Lipinski definition) is 10. The third-order valence-corrected chi connectivity index (χ3v) is 6.14. The molecule has 0 atom stereocenters. The summed E-state index contributed by atoms with van der Waals surface area (Å²) in [4.78, 5) is 51.0. The fraction of sp³-hybridized carbons (Fsp3) is 0.314. The van der Waals surface area contributed by atoms with Gasteiger partial charge in [0.2, 0.25) is 17.8 Å². The van der Waals surface area contributed by atoms with E-state index in [9.17, 15) is 14.4 Å². The molecule has 5 N–H and O–H groups in total. The molecule has 3 aromatic carbocycles. The van der Waals surface area contributed by atoms with Gasteiger partial charge in [-0.05, 0) is 128 Å². The van der Waals surface area contributed by atoms with E-state index in [1.807, 2.05) is 41.5 Å². The molecule has 0 aliphatic heterocycles. The van der Waals surface area contributed by atoms with Crippen LogP contribution < -0.4 is 26.6 Å². The molecule has 0 fully saturated rings. The van der Waals surface area contributed by atoms with Crippen molar-refractivity contribution < 1.29 is 19.1 Å². The minimum Gasteiger partial charge on any atom is -0.459 e. The number of aromatic nitrogens is 3. The molecule has 0 aliphatic carbocycles. The molecule has 0 spiro atoms. The van der Waals surface area contributed by atoms with Crippen molar-refractivity contribution in [1.29, 1.82) is 0 Å². The van der Waals surface area contributed by atoms with E-state index in [1.165, 1.54) is 0 Å². The number of esters is 1. The molecule has 0 radical (unpaired) electrons. The summed E-state index contributed by atoms with van der Waals surface area (Å²) in [5.74, 6) is -0.0658. The third-order valence-electron chi connectivity index (χ3n) is 6.14. The van der Waals surface area contributed by atoms with Crippen LogP contribution in [0.25, 0.3) is 0 Å². The van der Waals surface area contributed by atoms with Gasteiger partial charge in [0, 0.05) is 39.3 Å². The molecule has 1 heterocycles. The van der Waals surface area contributed by atoms with Gasteiger partial charge >= 0.3 is 5.97 Å². The second-order valence-corrected chi connectivity index (χ2v) is 13.3. The van der Waals surface area contributed by atoms with Crippen molar-refractivity contribution in [3.63, 3.8) is 0 Å². The average molecular weight is 639 g/mol. The predicted molar refractivity (Wildman–Crippen MR) is 184 cm³/mol.